The van der Waals surface area contributed by atoms with Crippen molar-refractivity contribution in [2.75, 3.05) is 0 Å². The number of nitrogens with zero attached hydrogens (tertiary/aromatic N) is 2. The predicted octanol–water partition coefficient (Wildman–Crippen LogP) is 8.41. The van der Waals surface area contributed by atoms with Crippen LogP contribution in [0, 0.1) is 6.33 Å². The highest BCUT2D eigenvalue weighted by atomic mass is 16.5. The van der Waals surface area contributed by atoms with E-state index in [2.05, 4.69) is 119 Å². The molecule has 3 aromatic carbocycles. The SMILES string of the molecule is CC(C)c1cccc(C(C)C)c1-n1[c-][n+]2c3c(cccc31)Oc1cc3c(cc1-2)C(C)(C)CCC3(C)C. The molecule has 4 aromatic rings. The summed E-state index contributed by atoms with van der Waals surface area (Å²) in [6.07, 6.45) is 6.18. The first-order valence-corrected chi connectivity index (χ1v) is 13.5. The van der Waals surface area contributed by atoms with Crippen LogP contribution in [0.2, 0.25) is 0 Å². The summed E-state index contributed by atoms with van der Waals surface area (Å²) in [7, 11) is 0. The number of para-hydroxylation sites is 2. The van der Waals surface area contributed by atoms with Crippen LogP contribution in [0.1, 0.15) is 102 Å². The van der Waals surface area contributed by atoms with E-state index in [0.717, 1.165) is 28.2 Å². The zero-order valence-corrected chi connectivity index (χ0v) is 23.0. The Labute approximate surface area is 215 Å². The lowest BCUT2D eigenvalue weighted by Gasteiger charge is -2.42. The Morgan fingerprint density at radius 3 is 2.00 bits per heavy atom. The van der Waals surface area contributed by atoms with Crippen LogP contribution in [0.4, 0.5) is 0 Å². The average molecular weight is 479 g/mol. The number of hydrogen-bond acceptors (Lipinski definition) is 1. The molecule has 0 saturated heterocycles. The summed E-state index contributed by atoms with van der Waals surface area (Å²) in [4.78, 5) is 0. The van der Waals surface area contributed by atoms with Crippen molar-refractivity contribution in [1.82, 2.24) is 4.57 Å². The van der Waals surface area contributed by atoms with Crippen LogP contribution in [0.3, 0.4) is 0 Å². The molecule has 6 rings (SSSR count). The molecule has 0 radical (unpaired) electrons. The molecule has 186 valence electrons. The van der Waals surface area contributed by atoms with Crippen LogP contribution < -0.4 is 9.30 Å². The molecule has 2 aliphatic rings. The Kier molecular flexibility index (Phi) is 5.00. The molecule has 1 aliphatic heterocycles. The maximum atomic E-state index is 6.63. The number of aromatic nitrogens is 2. The van der Waals surface area contributed by atoms with Gasteiger partial charge in [0.05, 0.1) is 11.2 Å². The Bertz CT molecular complexity index is 1490. The molecule has 3 nitrogen and oxygen atoms in total. The standard InChI is InChI=1S/C33H38N2O/c1-20(2)22-11-9-12-23(21(3)4)30(22)34-19-35-27-17-24-25(33(7,8)16-15-32(24,5)6)18-29(27)36-28-14-10-13-26(34)31(28)35/h9-14,17-18,20-21H,15-16H2,1-8H3. The highest BCUT2D eigenvalue weighted by molar-refractivity contribution is 5.83. The van der Waals surface area contributed by atoms with Crippen molar-refractivity contribution in [2.24, 2.45) is 0 Å². The first kappa shape index (κ1) is 23.3. The quantitative estimate of drug-likeness (QED) is 0.188. The second kappa shape index (κ2) is 7.71. The van der Waals surface area contributed by atoms with E-state index in [1.54, 1.807) is 0 Å². The fraction of sp³-hybridized carbons (Fsp3) is 0.424. The van der Waals surface area contributed by atoms with Crippen LogP contribution in [-0.2, 0) is 10.8 Å². The molecule has 0 atom stereocenters. The number of ether oxygens (including phenoxy) is 1. The molecule has 0 fully saturated rings. The maximum Gasteiger partial charge on any atom is 0.270 e. The zero-order chi connectivity index (χ0) is 25.6. The van der Waals surface area contributed by atoms with Gasteiger partial charge in [-0.2, -0.15) is 0 Å². The van der Waals surface area contributed by atoms with Crippen molar-refractivity contribution < 1.29 is 9.30 Å². The van der Waals surface area contributed by atoms with E-state index in [9.17, 15) is 0 Å². The predicted molar refractivity (Wildman–Crippen MR) is 147 cm³/mol. The molecule has 0 bridgehead atoms. The Hall–Kier alpha value is -3.07. The lowest BCUT2D eigenvalue weighted by Crippen LogP contribution is -2.37. The van der Waals surface area contributed by atoms with E-state index in [0.29, 0.717) is 11.8 Å². The van der Waals surface area contributed by atoms with E-state index in [-0.39, 0.29) is 10.8 Å². The molecule has 2 heterocycles. The Morgan fingerprint density at radius 1 is 0.806 bits per heavy atom. The zero-order valence-electron chi connectivity index (χ0n) is 23.0. The molecule has 0 amide bonds. The summed E-state index contributed by atoms with van der Waals surface area (Å²) in [5, 5.41) is 0. The van der Waals surface area contributed by atoms with E-state index in [1.807, 2.05) is 0 Å². The minimum absolute atomic E-state index is 0.133. The highest BCUT2D eigenvalue weighted by Crippen LogP contribution is 2.49. The number of hydrogen-bond donors (Lipinski definition) is 0. The van der Waals surface area contributed by atoms with Crippen molar-refractivity contribution in [3.63, 3.8) is 0 Å². The largest absolute Gasteiger partial charge is 0.465 e. The van der Waals surface area contributed by atoms with Crippen LogP contribution in [0.15, 0.2) is 48.5 Å². The molecular formula is C33H38N2O. The maximum absolute atomic E-state index is 6.63. The lowest BCUT2D eigenvalue weighted by atomic mass is 9.63. The first-order chi connectivity index (χ1) is 17.0. The number of rotatable bonds is 3. The van der Waals surface area contributed by atoms with Crippen LogP contribution in [0.25, 0.3) is 22.4 Å². The summed E-state index contributed by atoms with van der Waals surface area (Å²) in [6, 6.07) is 17.8. The van der Waals surface area contributed by atoms with Crippen molar-refractivity contribution in [3.05, 3.63) is 77.1 Å². The van der Waals surface area contributed by atoms with Gasteiger partial charge in [-0.15, -0.1) is 0 Å². The van der Waals surface area contributed by atoms with Gasteiger partial charge in [0, 0.05) is 0 Å². The van der Waals surface area contributed by atoms with Crippen molar-refractivity contribution in [2.45, 2.75) is 90.9 Å². The fourth-order valence-corrected chi connectivity index (χ4v) is 6.27. The van der Waals surface area contributed by atoms with Gasteiger partial charge in [0.25, 0.3) is 6.33 Å². The van der Waals surface area contributed by atoms with Crippen molar-refractivity contribution >= 4 is 11.0 Å². The third kappa shape index (κ3) is 3.28. The molecule has 0 unspecified atom stereocenters. The van der Waals surface area contributed by atoms with Crippen LogP contribution in [0.5, 0.6) is 11.5 Å². The first-order valence-electron chi connectivity index (χ1n) is 13.5. The molecule has 36 heavy (non-hydrogen) atoms. The van der Waals surface area contributed by atoms with Gasteiger partial charge in [0.1, 0.15) is 22.7 Å². The Morgan fingerprint density at radius 2 is 1.39 bits per heavy atom. The molecule has 1 aliphatic carbocycles. The summed E-state index contributed by atoms with van der Waals surface area (Å²) < 4.78 is 11.2. The van der Waals surface area contributed by atoms with Crippen molar-refractivity contribution in [1.29, 1.82) is 0 Å². The van der Waals surface area contributed by atoms with Crippen LogP contribution in [-0.4, -0.2) is 4.57 Å². The summed E-state index contributed by atoms with van der Waals surface area (Å²) >= 11 is 0. The normalized spacial score (nSPS) is 17.3. The fourth-order valence-electron chi connectivity index (χ4n) is 6.27. The lowest BCUT2D eigenvalue weighted by molar-refractivity contribution is -0.575. The summed E-state index contributed by atoms with van der Waals surface area (Å²) in [5.41, 5.74) is 10.4. The second-order valence-corrected chi connectivity index (χ2v) is 12.7. The van der Waals surface area contributed by atoms with Gasteiger partial charge >= 0.3 is 0 Å². The third-order valence-corrected chi connectivity index (χ3v) is 8.60. The van der Waals surface area contributed by atoms with Gasteiger partial charge in [0.15, 0.2) is 0 Å². The number of fused-ring (bicyclic) bond motifs is 3. The van der Waals surface area contributed by atoms with Gasteiger partial charge in [-0.3, -0.25) is 9.13 Å². The third-order valence-electron chi connectivity index (χ3n) is 8.60. The van der Waals surface area contributed by atoms with Gasteiger partial charge in [-0.05, 0) is 76.0 Å². The van der Waals surface area contributed by atoms with E-state index < -0.39 is 0 Å². The minimum atomic E-state index is 0.133. The minimum Gasteiger partial charge on any atom is -0.465 e. The Balaban J connectivity index is 1.67. The van der Waals surface area contributed by atoms with E-state index >= 15 is 0 Å². The van der Waals surface area contributed by atoms with Gasteiger partial charge < -0.3 is 4.74 Å². The van der Waals surface area contributed by atoms with E-state index in [1.165, 1.54) is 40.8 Å². The molecule has 0 spiro atoms. The van der Waals surface area contributed by atoms with Crippen LogP contribution >= 0.6 is 0 Å². The van der Waals surface area contributed by atoms with Gasteiger partial charge in [-0.1, -0.05) is 85.7 Å². The number of benzene rings is 3. The number of imidazole rings is 1. The van der Waals surface area contributed by atoms with E-state index in [4.69, 9.17) is 4.74 Å². The summed E-state index contributed by atoms with van der Waals surface area (Å²) in [5.74, 6) is 2.64. The molecule has 3 heteroatoms. The molecule has 1 aromatic heterocycles. The average Bonchev–Trinajstić information content (AvgIpc) is 3.22. The summed E-state index contributed by atoms with van der Waals surface area (Å²) in [6.45, 7) is 18.6. The molecule has 0 N–H and O–H groups in total. The van der Waals surface area contributed by atoms with Crippen molar-refractivity contribution in [3.8, 4) is 22.9 Å². The molecular weight excluding hydrogens is 440 g/mol. The van der Waals surface area contributed by atoms with Gasteiger partial charge in [0.2, 0.25) is 0 Å². The topological polar surface area (TPSA) is 18.0 Å². The smallest absolute Gasteiger partial charge is 0.270 e. The second-order valence-electron chi connectivity index (χ2n) is 12.7. The highest BCUT2D eigenvalue weighted by Gasteiger charge is 2.39. The van der Waals surface area contributed by atoms with Gasteiger partial charge in [-0.25, -0.2) is 0 Å². The molecule has 0 saturated carbocycles. The monoisotopic (exact) mass is 478 g/mol.